The highest BCUT2D eigenvalue weighted by atomic mass is 32.2. The van der Waals surface area contributed by atoms with Gasteiger partial charge in [-0.05, 0) is 24.9 Å². The van der Waals surface area contributed by atoms with Gasteiger partial charge >= 0.3 is 11.9 Å². The molecule has 0 aromatic heterocycles. The van der Waals surface area contributed by atoms with Crippen molar-refractivity contribution in [2.45, 2.75) is 31.3 Å². The Kier molecular flexibility index (Phi) is 9.96. The fourth-order valence-electron chi connectivity index (χ4n) is 1.47. The molecule has 0 aliphatic rings. The van der Waals surface area contributed by atoms with Gasteiger partial charge in [-0.2, -0.15) is 11.8 Å². The van der Waals surface area contributed by atoms with Crippen molar-refractivity contribution in [3.63, 3.8) is 0 Å². The molecule has 0 bridgehead atoms. The van der Waals surface area contributed by atoms with Crippen molar-refractivity contribution < 1.29 is 29.4 Å². The summed E-state index contributed by atoms with van der Waals surface area (Å²) >= 11 is 1.48. The van der Waals surface area contributed by atoms with Crippen LogP contribution in [0.25, 0.3) is 0 Å². The molecule has 10 heteroatoms. The summed E-state index contributed by atoms with van der Waals surface area (Å²) in [5.74, 6) is -2.89. The molecule has 0 radical (unpaired) electrons. The summed E-state index contributed by atoms with van der Waals surface area (Å²) in [6, 6.07) is -2.00. The van der Waals surface area contributed by atoms with Crippen LogP contribution in [0.4, 0.5) is 0 Å². The van der Waals surface area contributed by atoms with Crippen LogP contribution in [0.15, 0.2) is 0 Å². The van der Waals surface area contributed by atoms with Crippen LogP contribution < -0.4 is 16.4 Å². The molecule has 0 aromatic rings. The smallest absolute Gasteiger partial charge is 0.322 e. The third-order valence-corrected chi connectivity index (χ3v) is 3.32. The average molecular weight is 335 g/mol. The Balaban J connectivity index is 4.43. The summed E-state index contributed by atoms with van der Waals surface area (Å²) in [6.07, 6.45) is 1.99. The molecule has 0 heterocycles. The molecule has 0 unspecified atom stereocenters. The zero-order valence-corrected chi connectivity index (χ0v) is 13.0. The summed E-state index contributed by atoms with van der Waals surface area (Å²) in [7, 11) is 0. The third-order valence-electron chi connectivity index (χ3n) is 2.68. The van der Waals surface area contributed by atoms with Gasteiger partial charge in [0.25, 0.3) is 0 Å². The first-order valence-electron chi connectivity index (χ1n) is 6.54. The van der Waals surface area contributed by atoms with E-state index in [1.807, 2.05) is 6.26 Å². The number of carbonyl (C=O) groups is 4. The molecular weight excluding hydrogens is 314 g/mol. The van der Waals surface area contributed by atoms with Crippen LogP contribution in [-0.4, -0.2) is 64.6 Å². The summed E-state index contributed by atoms with van der Waals surface area (Å²) in [5, 5.41) is 21.8. The van der Waals surface area contributed by atoms with E-state index in [-0.39, 0.29) is 12.8 Å². The fraction of sp³-hybridized carbons (Fsp3) is 0.667. The fourth-order valence-corrected chi connectivity index (χ4v) is 1.94. The molecular formula is C12H21N3O6S. The van der Waals surface area contributed by atoms with Gasteiger partial charge in [0.05, 0.1) is 0 Å². The molecule has 2 atom stereocenters. The van der Waals surface area contributed by atoms with Gasteiger partial charge in [0.15, 0.2) is 0 Å². The topological polar surface area (TPSA) is 159 Å². The van der Waals surface area contributed by atoms with E-state index >= 15 is 0 Å². The van der Waals surface area contributed by atoms with E-state index in [0.717, 1.165) is 0 Å². The van der Waals surface area contributed by atoms with Crippen LogP contribution >= 0.6 is 11.8 Å². The van der Waals surface area contributed by atoms with Gasteiger partial charge in [0, 0.05) is 6.42 Å². The van der Waals surface area contributed by atoms with Gasteiger partial charge in [-0.1, -0.05) is 0 Å². The molecule has 22 heavy (non-hydrogen) atoms. The Morgan fingerprint density at radius 3 is 2.32 bits per heavy atom. The summed E-state index contributed by atoms with van der Waals surface area (Å²) in [4.78, 5) is 44.5. The quantitative estimate of drug-likeness (QED) is 0.309. The highest BCUT2D eigenvalue weighted by molar-refractivity contribution is 7.98. The van der Waals surface area contributed by atoms with E-state index in [4.69, 9.17) is 15.9 Å². The van der Waals surface area contributed by atoms with Crippen LogP contribution in [0.2, 0.25) is 0 Å². The Labute approximate surface area is 132 Å². The first-order chi connectivity index (χ1) is 10.3. The molecule has 0 saturated carbocycles. The van der Waals surface area contributed by atoms with E-state index in [0.29, 0.717) is 12.2 Å². The lowest BCUT2D eigenvalue weighted by molar-refractivity contribution is -0.139. The first kappa shape index (κ1) is 20.2. The maximum Gasteiger partial charge on any atom is 0.322 e. The van der Waals surface area contributed by atoms with Crippen molar-refractivity contribution in [3.8, 4) is 0 Å². The Morgan fingerprint density at radius 2 is 1.82 bits per heavy atom. The first-order valence-corrected chi connectivity index (χ1v) is 7.93. The van der Waals surface area contributed by atoms with Crippen molar-refractivity contribution in [1.29, 1.82) is 0 Å². The number of carboxylic acid groups (broad SMARTS) is 2. The monoisotopic (exact) mass is 335 g/mol. The van der Waals surface area contributed by atoms with E-state index < -0.39 is 42.4 Å². The zero-order chi connectivity index (χ0) is 17.1. The number of aliphatic carboxylic acids is 2. The highest BCUT2D eigenvalue weighted by Gasteiger charge is 2.21. The SMILES string of the molecule is CSCC[C@@H](NC(=O)CC[C@H](N)C(=O)O)C(=O)NCC(=O)O. The van der Waals surface area contributed by atoms with Crippen LogP contribution in [0, 0.1) is 0 Å². The number of thioether (sulfide) groups is 1. The number of carbonyl (C=O) groups excluding carboxylic acids is 2. The van der Waals surface area contributed by atoms with Gasteiger partial charge in [0.1, 0.15) is 18.6 Å². The number of carboxylic acids is 2. The minimum absolute atomic E-state index is 0.0485. The molecule has 0 aliphatic heterocycles. The minimum atomic E-state index is -1.20. The second-order valence-electron chi connectivity index (χ2n) is 4.50. The molecule has 9 nitrogen and oxygen atoms in total. The summed E-state index contributed by atoms with van der Waals surface area (Å²) < 4.78 is 0. The molecule has 2 amide bonds. The minimum Gasteiger partial charge on any atom is -0.480 e. The van der Waals surface area contributed by atoms with Crippen LogP contribution in [-0.2, 0) is 19.2 Å². The highest BCUT2D eigenvalue weighted by Crippen LogP contribution is 2.03. The van der Waals surface area contributed by atoms with Crippen molar-refractivity contribution in [1.82, 2.24) is 10.6 Å². The number of nitrogens with one attached hydrogen (secondary N) is 2. The van der Waals surface area contributed by atoms with Crippen molar-refractivity contribution >= 4 is 35.5 Å². The van der Waals surface area contributed by atoms with Gasteiger partial charge in [-0.3, -0.25) is 19.2 Å². The third kappa shape index (κ3) is 9.19. The molecule has 0 saturated heterocycles. The lowest BCUT2D eigenvalue weighted by Gasteiger charge is -2.18. The van der Waals surface area contributed by atoms with Crippen LogP contribution in [0.3, 0.4) is 0 Å². The maximum atomic E-state index is 11.8. The molecule has 0 fully saturated rings. The number of hydrogen-bond acceptors (Lipinski definition) is 6. The van der Waals surface area contributed by atoms with Gasteiger partial charge in [-0.15, -0.1) is 0 Å². The second-order valence-corrected chi connectivity index (χ2v) is 5.48. The summed E-state index contributed by atoms with van der Waals surface area (Å²) in [5.41, 5.74) is 5.29. The molecule has 6 N–H and O–H groups in total. The largest absolute Gasteiger partial charge is 0.480 e. The van der Waals surface area contributed by atoms with Crippen molar-refractivity contribution in [2.75, 3.05) is 18.6 Å². The van der Waals surface area contributed by atoms with E-state index in [9.17, 15) is 19.2 Å². The standard InChI is InChI=1S/C12H21N3O6S/c1-22-5-4-8(11(19)14-6-10(17)18)15-9(16)3-2-7(13)12(20)21/h7-8H,2-6,13H2,1H3,(H,14,19)(H,15,16)(H,17,18)(H,20,21)/t7-,8+/m0/s1. The van der Waals surface area contributed by atoms with Gasteiger partial charge < -0.3 is 26.6 Å². The Bertz CT molecular complexity index is 418. The Hall–Kier alpha value is -1.81. The van der Waals surface area contributed by atoms with Gasteiger partial charge in [-0.25, -0.2) is 0 Å². The maximum absolute atomic E-state index is 11.8. The number of rotatable bonds is 11. The average Bonchev–Trinajstić information content (AvgIpc) is 2.46. The lowest BCUT2D eigenvalue weighted by atomic mass is 10.1. The second kappa shape index (κ2) is 10.9. The van der Waals surface area contributed by atoms with Crippen molar-refractivity contribution in [2.24, 2.45) is 5.73 Å². The predicted octanol–water partition coefficient (Wildman–Crippen LogP) is -1.38. The van der Waals surface area contributed by atoms with Crippen molar-refractivity contribution in [3.05, 3.63) is 0 Å². The zero-order valence-electron chi connectivity index (χ0n) is 12.2. The molecule has 0 rings (SSSR count). The van der Waals surface area contributed by atoms with E-state index in [2.05, 4.69) is 10.6 Å². The predicted molar refractivity (Wildman–Crippen MR) is 80.4 cm³/mol. The summed E-state index contributed by atoms with van der Waals surface area (Å²) in [6.45, 7) is -0.533. The Morgan fingerprint density at radius 1 is 1.18 bits per heavy atom. The van der Waals surface area contributed by atoms with Crippen LogP contribution in [0.5, 0.6) is 0 Å². The normalized spacial score (nSPS) is 13.0. The number of nitrogens with two attached hydrogens (primary N) is 1. The molecule has 0 aromatic carbocycles. The number of amides is 2. The van der Waals surface area contributed by atoms with E-state index in [1.165, 1.54) is 11.8 Å². The van der Waals surface area contributed by atoms with E-state index in [1.54, 1.807) is 0 Å². The molecule has 126 valence electrons. The molecule has 0 spiro atoms. The lowest BCUT2D eigenvalue weighted by Crippen LogP contribution is -2.48. The number of hydrogen-bond donors (Lipinski definition) is 5. The van der Waals surface area contributed by atoms with Gasteiger partial charge in [0.2, 0.25) is 11.8 Å². The van der Waals surface area contributed by atoms with Crippen LogP contribution in [0.1, 0.15) is 19.3 Å². The molecule has 0 aliphatic carbocycles.